The summed E-state index contributed by atoms with van der Waals surface area (Å²) in [7, 11) is 0. The Kier molecular flexibility index (Phi) is 6.55. The lowest BCUT2D eigenvalue weighted by molar-refractivity contribution is -0.150. The van der Waals surface area contributed by atoms with Gasteiger partial charge in [0, 0.05) is 29.9 Å². The average Bonchev–Trinajstić information content (AvgIpc) is 3.57. The summed E-state index contributed by atoms with van der Waals surface area (Å²) in [6.45, 7) is 17.5. The van der Waals surface area contributed by atoms with Crippen LogP contribution in [0.4, 0.5) is 0 Å². The number of ether oxygens (including phenoxy) is 4. The van der Waals surface area contributed by atoms with Crippen molar-refractivity contribution in [2.75, 3.05) is 0 Å². The van der Waals surface area contributed by atoms with Gasteiger partial charge >= 0.3 is 11.9 Å². The summed E-state index contributed by atoms with van der Waals surface area (Å²) in [5.74, 6) is -0.855. The first-order chi connectivity index (χ1) is 14.4. The third-order valence-corrected chi connectivity index (χ3v) is 7.06. The number of hydrogen-bond donors (Lipinski definition) is 0. The van der Waals surface area contributed by atoms with Crippen LogP contribution in [0.5, 0.6) is 0 Å². The van der Waals surface area contributed by atoms with Gasteiger partial charge in [-0.3, -0.25) is 0 Å². The minimum Gasteiger partial charge on any atom is -0.458 e. The summed E-state index contributed by atoms with van der Waals surface area (Å²) in [6.07, 6.45) is 4.49. The predicted octanol–water partition coefficient (Wildman–Crippen LogP) is 4.43. The van der Waals surface area contributed by atoms with Gasteiger partial charge in [0.2, 0.25) is 0 Å². The van der Waals surface area contributed by atoms with Crippen LogP contribution in [0.2, 0.25) is 0 Å². The molecule has 0 aromatic rings. The fourth-order valence-corrected chi connectivity index (χ4v) is 4.27. The first-order valence-electron chi connectivity index (χ1n) is 11.1. The van der Waals surface area contributed by atoms with Gasteiger partial charge in [0.1, 0.15) is 12.2 Å². The summed E-state index contributed by atoms with van der Waals surface area (Å²) in [5, 5.41) is 0. The Morgan fingerprint density at radius 3 is 2.23 bits per heavy atom. The summed E-state index contributed by atoms with van der Waals surface area (Å²) in [4.78, 5) is 25.1. The molecule has 0 N–H and O–H groups in total. The second kappa shape index (κ2) is 8.55. The van der Waals surface area contributed by atoms with Crippen molar-refractivity contribution in [1.29, 1.82) is 0 Å². The van der Waals surface area contributed by atoms with E-state index in [1.165, 1.54) is 0 Å². The minimum absolute atomic E-state index is 0.00902. The molecule has 0 unspecified atom stereocenters. The molecule has 3 rings (SSSR count). The van der Waals surface area contributed by atoms with Gasteiger partial charge < -0.3 is 18.9 Å². The first kappa shape index (κ1) is 23.7. The number of allylic oxidation sites excluding steroid dienone is 2. The van der Waals surface area contributed by atoms with Gasteiger partial charge in [-0.2, -0.15) is 0 Å². The monoisotopic (exact) mass is 432 g/mol. The van der Waals surface area contributed by atoms with Crippen molar-refractivity contribution in [3.05, 3.63) is 35.5 Å². The van der Waals surface area contributed by atoms with E-state index in [2.05, 4.69) is 6.58 Å². The number of esters is 2. The Balaban J connectivity index is 1.80. The second-order valence-corrected chi connectivity index (χ2v) is 9.77. The molecule has 2 saturated heterocycles. The Labute approximate surface area is 185 Å². The van der Waals surface area contributed by atoms with Crippen LogP contribution in [0.1, 0.15) is 67.7 Å². The summed E-state index contributed by atoms with van der Waals surface area (Å²) < 4.78 is 23.4. The Morgan fingerprint density at radius 1 is 1.10 bits per heavy atom. The molecule has 1 saturated carbocycles. The number of hydrogen-bond acceptors (Lipinski definition) is 6. The van der Waals surface area contributed by atoms with Gasteiger partial charge in [-0.05, 0) is 60.5 Å². The first-order valence-corrected chi connectivity index (χ1v) is 11.1. The van der Waals surface area contributed by atoms with Gasteiger partial charge in [0.15, 0.2) is 0 Å². The summed E-state index contributed by atoms with van der Waals surface area (Å²) in [5.41, 5.74) is 1.37. The van der Waals surface area contributed by atoms with E-state index in [4.69, 9.17) is 18.9 Å². The van der Waals surface area contributed by atoms with Crippen LogP contribution < -0.4 is 0 Å². The van der Waals surface area contributed by atoms with Crippen molar-refractivity contribution in [2.24, 2.45) is 5.92 Å². The average molecular weight is 433 g/mol. The van der Waals surface area contributed by atoms with Crippen LogP contribution in [0.3, 0.4) is 0 Å². The van der Waals surface area contributed by atoms with Crippen molar-refractivity contribution in [2.45, 2.75) is 103 Å². The highest BCUT2D eigenvalue weighted by atomic mass is 16.6. The number of epoxide rings is 2. The molecule has 0 aromatic heterocycles. The van der Waals surface area contributed by atoms with Crippen molar-refractivity contribution in [1.82, 2.24) is 0 Å². The molecule has 0 amide bonds. The molecular formula is C25H36O6. The van der Waals surface area contributed by atoms with Gasteiger partial charge in [0.25, 0.3) is 0 Å². The highest BCUT2D eigenvalue weighted by Crippen LogP contribution is 2.52. The van der Waals surface area contributed by atoms with E-state index in [9.17, 15) is 9.59 Å². The van der Waals surface area contributed by atoms with E-state index < -0.39 is 6.10 Å². The largest absolute Gasteiger partial charge is 0.458 e. The van der Waals surface area contributed by atoms with Crippen LogP contribution in [0.25, 0.3) is 0 Å². The SMILES string of the molecule is C=C([C@H](C[C@H]1OC1(C)C)OC(=O)/C(C)=C\C)[C@H]1C[C@H]2O[C@@]2(C)C[C@H]1OC(=O)/C(C)=C\C. The maximum absolute atomic E-state index is 12.6. The van der Waals surface area contributed by atoms with Crippen LogP contribution >= 0.6 is 0 Å². The minimum atomic E-state index is -0.522. The van der Waals surface area contributed by atoms with E-state index in [-0.39, 0.29) is 47.4 Å². The summed E-state index contributed by atoms with van der Waals surface area (Å²) >= 11 is 0. The molecule has 31 heavy (non-hydrogen) atoms. The number of carbonyl (C=O) groups is 2. The van der Waals surface area contributed by atoms with Crippen molar-refractivity contribution in [3.63, 3.8) is 0 Å². The fourth-order valence-electron chi connectivity index (χ4n) is 4.27. The number of fused-ring (bicyclic) bond motifs is 1. The lowest BCUT2D eigenvalue weighted by Crippen LogP contribution is -2.41. The van der Waals surface area contributed by atoms with Crippen molar-refractivity contribution < 1.29 is 28.5 Å². The van der Waals surface area contributed by atoms with E-state index in [0.29, 0.717) is 30.4 Å². The molecule has 172 valence electrons. The van der Waals surface area contributed by atoms with Crippen LogP contribution in [-0.2, 0) is 28.5 Å². The number of rotatable bonds is 8. The molecule has 2 aliphatic heterocycles. The Bertz CT molecular complexity index is 822. The molecule has 0 radical (unpaired) electrons. The van der Waals surface area contributed by atoms with E-state index in [0.717, 1.165) is 5.57 Å². The van der Waals surface area contributed by atoms with Crippen LogP contribution in [0, 0.1) is 5.92 Å². The zero-order valence-corrected chi connectivity index (χ0v) is 19.8. The maximum Gasteiger partial charge on any atom is 0.333 e. The lowest BCUT2D eigenvalue weighted by atomic mass is 9.75. The molecule has 6 atom stereocenters. The van der Waals surface area contributed by atoms with Crippen molar-refractivity contribution in [3.8, 4) is 0 Å². The van der Waals surface area contributed by atoms with Crippen molar-refractivity contribution >= 4 is 11.9 Å². The van der Waals surface area contributed by atoms with Crippen LogP contribution in [0.15, 0.2) is 35.5 Å². The highest BCUT2D eigenvalue weighted by molar-refractivity contribution is 5.88. The Morgan fingerprint density at radius 2 is 1.68 bits per heavy atom. The topological polar surface area (TPSA) is 77.7 Å². The normalized spacial score (nSPS) is 34.9. The van der Waals surface area contributed by atoms with Gasteiger partial charge in [0.05, 0.1) is 23.4 Å². The molecular weight excluding hydrogens is 396 g/mol. The predicted molar refractivity (Wildman–Crippen MR) is 117 cm³/mol. The highest BCUT2D eigenvalue weighted by Gasteiger charge is 2.60. The van der Waals surface area contributed by atoms with Gasteiger partial charge in [-0.25, -0.2) is 9.59 Å². The molecule has 0 spiro atoms. The molecule has 1 aliphatic carbocycles. The quantitative estimate of drug-likeness (QED) is 0.244. The zero-order valence-electron chi connectivity index (χ0n) is 19.8. The second-order valence-electron chi connectivity index (χ2n) is 9.77. The van der Waals surface area contributed by atoms with Gasteiger partial charge in [-0.1, -0.05) is 18.7 Å². The zero-order chi connectivity index (χ0) is 23.1. The Hall–Kier alpha value is -1.92. The third kappa shape index (κ3) is 5.12. The third-order valence-electron chi connectivity index (χ3n) is 7.06. The summed E-state index contributed by atoms with van der Waals surface area (Å²) in [6, 6.07) is 0. The molecule has 0 aromatic carbocycles. The van der Waals surface area contributed by atoms with E-state index in [1.54, 1.807) is 32.9 Å². The fraction of sp³-hybridized carbons (Fsp3) is 0.680. The molecule has 6 nitrogen and oxygen atoms in total. The molecule has 6 heteroatoms. The van der Waals surface area contributed by atoms with E-state index in [1.807, 2.05) is 27.7 Å². The maximum atomic E-state index is 12.6. The lowest BCUT2D eigenvalue weighted by Gasteiger charge is -2.35. The van der Waals surface area contributed by atoms with Gasteiger partial charge in [-0.15, -0.1) is 0 Å². The van der Waals surface area contributed by atoms with Crippen LogP contribution in [-0.4, -0.2) is 47.6 Å². The molecule has 0 bridgehead atoms. The molecule has 3 fully saturated rings. The standard InChI is InChI=1S/C25H36O6/c1-9-14(3)22(26)28-18(12-20-24(6,7)30-20)16(5)17-11-21-25(8,31-21)13-19(17)29-23(27)15(4)10-2/h9-10,17-21H,5,11-13H2,1-4,6-8H3/b14-9-,15-10-/t17-,18+,19-,20-,21-,25+/m1/s1. The smallest absolute Gasteiger partial charge is 0.333 e. The molecule has 3 aliphatic rings. The van der Waals surface area contributed by atoms with E-state index >= 15 is 0 Å². The molecule has 2 heterocycles. The number of carbonyl (C=O) groups excluding carboxylic acids is 2.